The summed E-state index contributed by atoms with van der Waals surface area (Å²) in [6, 6.07) is 19.5. The van der Waals surface area contributed by atoms with E-state index in [1.807, 2.05) is 25.1 Å². The standard InChI is InChI=1S/C28H22N6O4S/c1-16-12-22(27(36)38-3)21(13-24(16)37-2)18-6-8-19(9-7-18)25-23(14-29)26(35)32-28(31-25)39-15-17-4-10-20(11-5-17)33-34-30/h4-13H,15H2,1-3H3,(H,31,32,35). The van der Waals surface area contributed by atoms with E-state index in [4.69, 9.17) is 15.0 Å². The van der Waals surface area contributed by atoms with Gasteiger partial charge in [0.05, 0.1) is 25.5 Å². The van der Waals surface area contributed by atoms with Crippen molar-refractivity contribution in [3.05, 3.63) is 104 Å². The van der Waals surface area contributed by atoms with Gasteiger partial charge in [-0.2, -0.15) is 5.26 Å². The molecule has 0 saturated carbocycles. The molecule has 0 spiro atoms. The monoisotopic (exact) mass is 538 g/mol. The first-order valence-electron chi connectivity index (χ1n) is 11.6. The smallest absolute Gasteiger partial charge is 0.338 e. The molecular weight excluding hydrogens is 516 g/mol. The number of nitriles is 1. The van der Waals surface area contributed by atoms with Gasteiger partial charge in [-0.05, 0) is 46.8 Å². The Kier molecular flexibility index (Phi) is 8.31. The van der Waals surface area contributed by atoms with Gasteiger partial charge in [-0.3, -0.25) is 4.79 Å². The van der Waals surface area contributed by atoms with Crippen LogP contribution in [0.5, 0.6) is 5.75 Å². The molecule has 0 unspecified atom stereocenters. The van der Waals surface area contributed by atoms with E-state index in [2.05, 4.69) is 20.0 Å². The Bertz CT molecular complexity index is 1690. The van der Waals surface area contributed by atoms with Crippen LogP contribution in [0.3, 0.4) is 0 Å². The maximum absolute atomic E-state index is 12.7. The van der Waals surface area contributed by atoms with Gasteiger partial charge in [-0.25, -0.2) is 9.78 Å². The van der Waals surface area contributed by atoms with Crippen molar-refractivity contribution < 1.29 is 14.3 Å². The third kappa shape index (κ3) is 5.93. The summed E-state index contributed by atoms with van der Waals surface area (Å²) in [5.74, 6) is 0.644. The molecule has 3 aromatic carbocycles. The molecule has 194 valence electrons. The Morgan fingerprint density at radius 1 is 1.13 bits per heavy atom. The van der Waals surface area contributed by atoms with Crippen molar-refractivity contribution in [3.63, 3.8) is 0 Å². The highest BCUT2D eigenvalue weighted by Crippen LogP contribution is 2.33. The summed E-state index contributed by atoms with van der Waals surface area (Å²) in [5, 5.41) is 13.6. The average molecular weight is 539 g/mol. The van der Waals surface area contributed by atoms with Gasteiger partial charge in [0, 0.05) is 21.9 Å². The van der Waals surface area contributed by atoms with Crippen molar-refractivity contribution >= 4 is 23.4 Å². The number of nitrogens with one attached hydrogen (secondary N) is 1. The number of hydrogen-bond donors (Lipinski definition) is 1. The number of rotatable bonds is 8. The number of esters is 1. The van der Waals surface area contributed by atoms with Crippen LogP contribution in [-0.2, 0) is 10.5 Å². The van der Waals surface area contributed by atoms with Crippen LogP contribution in [0.2, 0.25) is 0 Å². The maximum Gasteiger partial charge on any atom is 0.338 e. The molecule has 4 aromatic rings. The number of carbonyl (C=O) groups excluding carboxylic acids is 1. The van der Waals surface area contributed by atoms with E-state index in [1.54, 1.807) is 55.6 Å². The molecule has 0 aliphatic rings. The molecule has 0 atom stereocenters. The summed E-state index contributed by atoms with van der Waals surface area (Å²) < 4.78 is 10.4. The van der Waals surface area contributed by atoms with E-state index in [1.165, 1.54) is 18.9 Å². The molecule has 0 aliphatic carbocycles. The Morgan fingerprint density at radius 3 is 2.44 bits per heavy atom. The highest BCUT2D eigenvalue weighted by atomic mass is 32.2. The SMILES string of the molecule is COC(=O)c1cc(C)c(OC)cc1-c1ccc(-c2nc(SCc3ccc(N=[N+]=[N-])cc3)[nH]c(=O)c2C#N)cc1. The topological polar surface area (TPSA) is 154 Å². The van der Waals surface area contributed by atoms with Gasteiger partial charge in [0.2, 0.25) is 0 Å². The van der Waals surface area contributed by atoms with Crippen molar-refractivity contribution in [1.29, 1.82) is 5.26 Å². The fourth-order valence-electron chi connectivity index (χ4n) is 3.93. The van der Waals surface area contributed by atoms with E-state index < -0.39 is 11.5 Å². The molecule has 0 fully saturated rings. The number of carbonyl (C=O) groups is 1. The zero-order valence-electron chi connectivity index (χ0n) is 21.3. The molecule has 10 nitrogen and oxygen atoms in total. The van der Waals surface area contributed by atoms with Crippen molar-refractivity contribution in [2.24, 2.45) is 5.11 Å². The van der Waals surface area contributed by atoms with E-state index in [0.29, 0.717) is 39.0 Å². The van der Waals surface area contributed by atoms with E-state index >= 15 is 0 Å². The number of aromatic amines is 1. The first-order chi connectivity index (χ1) is 18.9. The summed E-state index contributed by atoms with van der Waals surface area (Å²) in [6.45, 7) is 1.84. The number of ether oxygens (including phenoxy) is 2. The normalized spacial score (nSPS) is 10.3. The largest absolute Gasteiger partial charge is 0.496 e. The fourth-order valence-corrected chi connectivity index (χ4v) is 4.75. The predicted molar refractivity (Wildman–Crippen MR) is 148 cm³/mol. The number of benzene rings is 3. The zero-order chi connectivity index (χ0) is 27.9. The van der Waals surface area contributed by atoms with Crippen molar-refractivity contribution in [3.8, 4) is 34.2 Å². The summed E-state index contributed by atoms with van der Waals surface area (Å²) in [4.78, 5) is 35.1. The van der Waals surface area contributed by atoms with Gasteiger partial charge in [0.1, 0.15) is 17.4 Å². The van der Waals surface area contributed by atoms with E-state index in [9.17, 15) is 14.9 Å². The van der Waals surface area contributed by atoms with Crippen LogP contribution in [0.1, 0.15) is 27.0 Å². The number of thioether (sulfide) groups is 1. The Hall–Kier alpha value is -5.04. The number of aryl methyl sites for hydroxylation is 1. The quantitative estimate of drug-likeness (QED) is 0.0688. The minimum absolute atomic E-state index is 0.0990. The summed E-state index contributed by atoms with van der Waals surface area (Å²) in [7, 11) is 2.88. The van der Waals surface area contributed by atoms with Crippen LogP contribution in [0.25, 0.3) is 32.8 Å². The molecule has 0 bridgehead atoms. The van der Waals surface area contributed by atoms with Gasteiger partial charge >= 0.3 is 5.97 Å². The first kappa shape index (κ1) is 27.0. The zero-order valence-corrected chi connectivity index (χ0v) is 22.1. The maximum atomic E-state index is 12.7. The molecule has 0 aliphatic heterocycles. The lowest BCUT2D eigenvalue weighted by Gasteiger charge is -2.13. The first-order valence-corrected chi connectivity index (χ1v) is 12.6. The number of hydrogen-bond acceptors (Lipinski definition) is 8. The van der Waals surface area contributed by atoms with Crippen molar-refractivity contribution in [2.45, 2.75) is 17.8 Å². The minimum Gasteiger partial charge on any atom is -0.496 e. The number of H-pyrrole nitrogens is 1. The van der Waals surface area contributed by atoms with Crippen LogP contribution >= 0.6 is 11.8 Å². The second-order valence-corrected chi connectivity index (χ2v) is 9.25. The molecule has 4 rings (SSSR count). The number of nitrogens with zero attached hydrogens (tertiary/aromatic N) is 5. The van der Waals surface area contributed by atoms with Gasteiger partial charge in [0.15, 0.2) is 5.16 Å². The lowest BCUT2D eigenvalue weighted by atomic mass is 9.95. The molecule has 0 saturated heterocycles. The molecule has 0 radical (unpaired) electrons. The van der Waals surface area contributed by atoms with E-state index in [0.717, 1.165) is 16.7 Å². The van der Waals surface area contributed by atoms with E-state index in [-0.39, 0.29) is 11.3 Å². The molecule has 39 heavy (non-hydrogen) atoms. The van der Waals surface area contributed by atoms with Crippen LogP contribution in [0, 0.1) is 18.3 Å². The lowest BCUT2D eigenvalue weighted by molar-refractivity contribution is 0.0601. The van der Waals surface area contributed by atoms with Crippen molar-refractivity contribution in [2.75, 3.05) is 14.2 Å². The third-order valence-electron chi connectivity index (χ3n) is 5.89. The summed E-state index contributed by atoms with van der Waals surface area (Å²) in [5.41, 5.74) is 12.7. The van der Waals surface area contributed by atoms with Crippen LogP contribution in [0.4, 0.5) is 5.69 Å². The predicted octanol–water partition coefficient (Wildman–Crippen LogP) is 6.31. The second-order valence-electron chi connectivity index (χ2n) is 8.29. The van der Waals surface area contributed by atoms with Gasteiger partial charge < -0.3 is 14.5 Å². The Morgan fingerprint density at radius 2 is 1.82 bits per heavy atom. The van der Waals surface area contributed by atoms with Crippen LogP contribution in [-0.4, -0.2) is 30.2 Å². The molecular formula is C28H22N6O4S. The molecule has 11 heteroatoms. The van der Waals surface area contributed by atoms with Gasteiger partial charge in [0.25, 0.3) is 5.56 Å². The molecule has 0 amide bonds. The summed E-state index contributed by atoms with van der Waals surface area (Å²) >= 11 is 1.30. The minimum atomic E-state index is -0.538. The highest BCUT2D eigenvalue weighted by Gasteiger charge is 2.18. The van der Waals surface area contributed by atoms with Crippen LogP contribution in [0.15, 0.2) is 75.7 Å². The number of azide groups is 1. The Labute approximate surface area is 227 Å². The summed E-state index contributed by atoms with van der Waals surface area (Å²) in [6.07, 6.45) is 0. The van der Waals surface area contributed by atoms with Crippen LogP contribution < -0.4 is 10.3 Å². The van der Waals surface area contributed by atoms with Gasteiger partial charge in [-0.15, -0.1) is 0 Å². The van der Waals surface area contributed by atoms with Crippen molar-refractivity contribution in [1.82, 2.24) is 9.97 Å². The average Bonchev–Trinajstić information content (AvgIpc) is 2.96. The number of methoxy groups -OCH3 is 2. The number of aromatic nitrogens is 2. The molecule has 1 aromatic heterocycles. The lowest BCUT2D eigenvalue weighted by Crippen LogP contribution is -2.14. The van der Waals surface area contributed by atoms with Gasteiger partial charge in [-0.1, -0.05) is 65.4 Å². The Balaban J connectivity index is 1.67. The second kappa shape index (κ2) is 12.0. The molecule has 1 N–H and O–H groups in total. The third-order valence-corrected chi connectivity index (χ3v) is 6.84. The molecule has 1 heterocycles. The highest BCUT2D eigenvalue weighted by molar-refractivity contribution is 7.98. The fraction of sp³-hybridized carbons (Fsp3) is 0.143.